The van der Waals surface area contributed by atoms with E-state index in [1.54, 1.807) is 6.26 Å². The SMILES string of the molecule is Clc1cccc(-c2nc(CN(Cc3ccccn3)C3CC3)co2)c1. The third kappa shape index (κ3) is 3.66. The second kappa shape index (κ2) is 6.75. The number of benzene rings is 1. The van der Waals surface area contributed by atoms with Crippen molar-refractivity contribution in [1.29, 1.82) is 0 Å². The van der Waals surface area contributed by atoms with Crippen LogP contribution in [0.2, 0.25) is 5.02 Å². The van der Waals surface area contributed by atoms with E-state index in [0.717, 1.165) is 30.0 Å². The molecular weight excluding hydrogens is 322 g/mol. The fraction of sp³-hybridized carbons (Fsp3) is 0.263. The van der Waals surface area contributed by atoms with Crippen LogP contribution in [-0.2, 0) is 13.1 Å². The van der Waals surface area contributed by atoms with Crippen LogP contribution in [0.5, 0.6) is 0 Å². The lowest BCUT2D eigenvalue weighted by Gasteiger charge is -2.20. The second-order valence-electron chi connectivity index (χ2n) is 6.11. The predicted octanol–water partition coefficient (Wildman–Crippen LogP) is 4.55. The largest absolute Gasteiger partial charge is 0.444 e. The molecule has 0 atom stereocenters. The van der Waals surface area contributed by atoms with Crippen molar-refractivity contribution in [3.05, 3.63) is 71.3 Å². The van der Waals surface area contributed by atoms with Gasteiger partial charge in [-0.05, 0) is 43.2 Å². The van der Waals surface area contributed by atoms with Crippen molar-refractivity contribution in [2.45, 2.75) is 32.0 Å². The summed E-state index contributed by atoms with van der Waals surface area (Å²) < 4.78 is 5.64. The first kappa shape index (κ1) is 15.4. The Balaban J connectivity index is 1.49. The molecule has 3 aromatic rings. The van der Waals surface area contributed by atoms with Crippen LogP contribution < -0.4 is 0 Å². The molecule has 122 valence electrons. The van der Waals surface area contributed by atoms with Crippen molar-refractivity contribution < 1.29 is 4.42 Å². The van der Waals surface area contributed by atoms with Crippen molar-refractivity contribution in [3.8, 4) is 11.5 Å². The zero-order chi connectivity index (χ0) is 16.4. The van der Waals surface area contributed by atoms with E-state index < -0.39 is 0 Å². The van der Waals surface area contributed by atoms with Crippen LogP contribution in [-0.4, -0.2) is 20.9 Å². The summed E-state index contributed by atoms with van der Waals surface area (Å²) in [6, 6.07) is 14.2. The standard InChI is InChI=1S/C19H18ClN3O/c20-15-5-3-4-14(10-15)19-22-17(13-24-19)12-23(18-7-8-18)11-16-6-1-2-9-21-16/h1-6,9-10,13,18H,7-8,11-12H2. The Kier molecular flexibility index (Phi) is 4.32. The predicted molar refractivity (Wildman–Crippen MR) is 93.5 cm³/mol. The van der Waals surface area contributed by atoms with Gasteiger partial charge >= 0.3 is 0 Å². The summed E-state index contributed by atoms with van der Waals surface area (Å²) in [5, 5.41) is 0.682. The molecule has 0 amide bonds. The van der Waals surface area contributed by atoms with Gasteiger partial charge in [0.25, 0.3) is 0 Å². The molecule has 0 radical (unpaired) electrons. The minimum Gasteiger partial charge on any atom is -0.444 e. The maximum absolute atomic E-state index is 6.04. The van der Waals surface area contributed by atoms with E-state index >= 15 is 0 Å². The molecule has 1 saturated carbocycles. The van der Waals surface area contributed by atoms with E-state index in [1.807, 2.05) is 42.6 Å². The molecule has 0 spiro atoms. The van der Waals surface area contributed by atoms with Gasteiger partial charge in [-0.25, -0.2) is 4.98 Å². The van der Waals surface area contributed by atoms with Crippen LogP contribution in [0.1, 0.15) is 24.2 Å². The molecule has 5 heteroatoms. The lowest BCUT2D eigenvalue weighted by atomic mass is 10.2. The van der Waals surface area contributed by atoms with Gasteiger partial charge in [0.15, 0.2) is 0 Å². The number of rotatable bonds is 6. The molecule has 0 N–H and O–H groups in total. The zero-order valence-electron chi connectivity index (χ0n) is 13.2. The van der Waals surface area contributed by atoms with Gasteiger partial charge in [0.05, 0.1) is 11.4 Å². The number of hydrogen-bond donors (Lipinski definition) is 0. The van der Waals surface area contributed by atoms with Crippen LogP contribution in [0.4, 0.5) is 0 Å². The molecule has 4 nitrogen and oxygen atoms in total. The van der Waals surface area contributed by atoms with Crippen molar-refractivity contribution in [2.24, 2.45) is 0 Å². The summed E-state index contributed by atoms with van der Waals surface area (Å²) in [7, 11) is 0. The molecule has 0 unspecified atom stereocenters. The van der Waals surface area contributed by atoms with E-state index in [4.69, 9.17) is 16.0 Å². The Labute approximate surface area is 146 Å². The smallest absolute Gasteiger partial charge is 0.226 e. The molecule has 0 aliphatic heterocycles. The normalized spacial score (nSPS) is 14.2. The summed E-state index contributed by atoms with van der Waals surface area (Å²) in [5.74, 6) is 0.612. The zero-order valence-corrected chi connectivity index (χ0v) is 14.0. The van der Waals surface area contributed by atoms with E-state index in [2.05, 4.69) is 20.9 Å². The van der Waals surface area contributed by atoms with E-state index in [0.29, 0.717) is 17.0 Å². The molecule has 24 heavy (non-hydrogen) atoms. The first-order valence-electron chi connectivity index (χ1n) is 8.12. The molecule has 2 heterocycles. The molecule has 1 aliphatic rings. The average Bonchev–Trinajstić information content (AvgIpc) is 3.35. The summed E-state index contributed by atoms with van der Waals surface area (Å²) in [6.45, 7) is 1.61. The molecule has 1 aliphatic carbocycles. The van der Waals surface area contributed by atoms with Gasteiger partial charge in [0.2, 0.25) is 5.89 Å². The Morgan fingerprint density at radius 1 is 1.08 bits per heavy atom. The molecule has 0 bridgehead atoms. The number of pyridine rings is 1. The highest BCUT2D eigenvalue weighted by Gasteiger charge is 2.29. The van der Waals surface area contributed by atoms with E-state index in [-0.39, 0.29) is 0 Å². The summed E-state index contributed by atoms with van der Waals surface area (Å²) >= 11 is 6.04. The highest BCUT2D eigenvalue weighted by molar-refractivity contribution is 6.30. The Hall–Kier alpha value is -2.17. The van der Waals surface area contributed by atoms with Gasteiger partial charge in [-0.3, -0.25) is 9.88 Å². The van der Waals surface area contributed by atoms with Crippen LogP contribution in [0.15, 0.2) is 59.3 Å². The number of hydrogen-bond acceptors (Lipinski definition) is 4. The van der Waals surface area contributed by atoms with Crippen LogP contribution in [0.25, 0.3) is 11.5 Å². The average molecular weight is 340 g/mol. The van der Waals surface area contributed by atoms with E-state index in [1.165, 1.54) is 12.8 Å². The van der Waals surface area contributed by atoms with Crippen LogP contribution in [0.3, 0.4) is 0 Å². The molecule has 2 aromatic heterocycles. The third-order valence-corrected chi connectivity index (χ3v) is 4.38. The lowest BCUT2D eigenvalue weighted by molar-refractivity contribution is 0.239. The minimum absolute atomic E-state index is 0.612. The third-order valence-electron chi connectivity index (χ3n) is 4.14. The Morgan fingerprint density at radius 3 is 2.71 bits per heavy atom. The Morgan fingerprint density at radius 2 is 1.96 bits per heavy atom. The van der Waals surface area contributed by atoms with Gasteiger partial charge in [-0.15, -0.1) is 0 Å². The van der Waals surface area contributed by atoms with Crippen LogP contribution in [0, 0.1) is 0 Å². The molecule has 1 aromatic carbocycles. The maximum Gasteiger partial charge on any atom is 0.226 e. The van der Waals surface area contributed by atoms with Crippen LogP contribution >= 0.6 is 11.6 Å². The fourth-order valence-electron chi connectivity index (χ4n) is 2.80. The highest BCUT2D eigenvalue weighted by Crippen LogP contribution is 2.30. The first-order valence-corrected chi connectivity index (χ1v) is 8.50. The van der Waals surface area contributed by atoms with Gasteiger partial charge in [0, 0.05) is 35.9 Å². The number of nitrogens with zero attached hydrogens (tertiary/aromatic N) is 3. The summed E-state index contributed by atoms with van der Waals surface area (Å²) in [5.41, 5.74) is 2.92. The number of oxazole rings is 1. The topological polar surface area (TPSA) is 42.2 Å². The van der Waals surface area contributed by atoms with Crippen molar-refractivity contribution in [1.82, 2.24) is 14.9 Å². The number of aromatic nitrogens is 2. The van der Waals surface area contributed by atoms with Crippen molar-refractivity contribution >= 4 is 11.6 Å². The fourth-order valence-corrected chi connectivity index (χ4v) is 2.99. The van der Waals surface area contributed by atoms with Gasteiger partial charge in [0.1, 0.15) is 6.26 Å². The lowest BCUT2D eigenvalue weighted by Crippen LogP contribution is -2.25. The van der Waals surface area contributed by atoms with Gasteiger partial charge in [-0.2, -0.15) is 0 Å². The quantitative estimate of drug-likeness (QED) is 0.660. The van der Waals surface area contributed by atoms with Crippen molar-refractivity contribution in [3.63, 3.8) is 0 Å². The first-order chi connectivity index (χ1) is 11.8. The minimum atomic E-state index is 0.612. The maximum atomic E-state index is 6.04. The second-order valence-corrected chi connectivity index (χ2v) is 6.55. The van der Waals surface area contributed by atoms with Gasteiger partial charge in [-0.1, -0.05) is 23.7 Å². The Bertz CT molecular complexity index is 814. The molecule has 4 rings (SSSR count). The molecule has 1 fully saturated rings. The van der Waals surface area contributed by atoms with Gasteiger partial charge < -0.3 is 4.42 Å². The highest BCUT2D eigenvalue weighted by atomic mass is 35.5. The van der Waals surface area contributed by atoms with Crippen molar-refractivity contribution in [2.75, 3.05) is 0 Å². The summed E-state index contributed by atoms with van der Waals surface area (Å²) in [6.07, 6.45) is 6.06. The molecule has 0 saturated heterocycles. The number of halogens is 1. The monoisotopic (exact) mass is 339 g/mol. The molecular formula is C19H18ClN3O. The van der Waals surface area contributed by atoms with E-state index in [9.17, 15) is 0 Å². The summed E-state index contributed by atoms with van der Waals surface area (Å²) in [4.78, 5) is 11.5.